The van der Waals surface area contributed by atoms with Gasteiger partial charge in [-0.2, -0.15) is 0 Å². The highest BCUT2D eigenvalue weighted by Crippen LogP contribution is 2.24. The van der Waals surface area contributed by atoms with E-state index in [2.05, 4.69) is 24.1 Å². The summed E-state index contributed by atoms with van der Waals surface area (Å²) in [6, 6.07) is 0. The Morgan fingerprint density at radius 2 is 1.89 bits per heavy atom. The average molecular weight is 252 g/mol. The van der Waals surface area contributed by atoms with Crippen molar-refractivity contribution in [3.63, 3.8) is 0 Å². The summed E-state index contributed by atoms with van der Waals surface area (Å²) in [7, 11) is 0. The van der Waals surface area contributed by atoms with Crippen LogP contribution in [-0.2, 0) is 4.79 Å². The zero-order valence-corrected chi connectivity index (χ0v) is 12.0. The summed E-state index contributed by atoms with van der Waals surface area (Å²) in [4.78, 5) is 14.3. The summed E-state index contributed by atoms with van der Waals surface area (Å²) in [6.45, 7) is 8.81. The Hall–Kier alpha value is -0.570. The Balaban J connectivity index is 1.70. The second-order valence-electron chi connectivity index (χ2n) is 6.32. The minimum Gasteiger partial charge on any atom is -0.342 e. The molecule has 1 amide bonds. The van der Waals surface area contributed by atoms with Crippen LogP contribution >= 0.6 is 0 Å². The molecule has 0 spiro atoms. The zero-order valence-electron chi connectivity index (χ0n) is 12.0. The Labute approximate surface area is 111 Å². The first-order valence-electron chi connectivity index (χ1n) is 7.65. The van der Waals surface area contributed by atoms with Gasteiger partial charge in [-0.05, 0) is 56.5 Å². The number of hydrogen-bond acceptors (Lipinski definition) is 2. The van der Waals surface area contributed by atoms with E-state index in [1.165, 1.54) is 19.3 Å². The molecule has 2 saturated heterocycles. The van der Waals surface area contributed by atoms with Gasteiger partial charge in [0.1, 0.15) is 0 Å². The quantitative estimate of drug-likeness (QED) is 0.835. The van der Waals surface area contributed by atoms with E-state index in [4.69, 9.17) is 0 Å². The fourth-order valence-corrected chi connectivity index (χ4v) is 3.15. The number of rotatable bonds is 3. The molecule has 0 aliphatic carbocycles. The van der Waals surface area contributed by atoms with E-state index in [0.29, 0.717) is 11.8 Å². The van der Waals surface area contributed by atoms with E-state index in [-0.39, 0.29) is 0 Å². The second kappa shape index (κ2) is 6.55. The standard InChI is InChI=1S/C15H28N2O/c1-12-7-10-17(11-13(12)2)15(18)4-3-14-5-8-16-9-6-14/h12-14,16H,3-11H2,1-2H3. The van der Waals surface area contributed by atoms with Crippen LogP contribution in [0.25, 0.3) is 0 Å². The van der Waals surface area contributed by atoms with Crippen LogP contribution in [0.2, 0.25) is 0 Å². The van der Waals surface area contributed by atoms with E-state index in [1.807, 2.05) is 0 Å². The highest BCUT2D eigenvalue weighted by molar-refractivity contribution is 5.76. The normalized spacial score (nSPS) is 30.4. The van der Waals surface area contributed by atoms with Crippen LogP contribution in [0.3, 0.4) is 0 Å². The average Bonchev–Trinajstić information content (AvgIpc) is 2.40. The lowest BCUT2D eigenvalue weighted by Gasteiger charge is -2.35. The van der Waals surface area contributed by atoms with Gasteiger partial charge in [-0.25, -0.2) is 0 Å². The zero-order chi connectivity index (χ0) is 13.0. The van der Waals surface area contributed by atoms with Crippen LogP contribution in [0.15, 0.2) is 0 Å². The van der Waals surface area contributed by atoms with Crippen LogP contribution < -0.4 is 5.32 Å². The number of nitrogens with zero attached hydrogens (tertiary/aromatic N) is 1. The third kappa shape index (κ3) is 3.71. The highest BCUT2D eigenvalue weighted by atomic mass is 16.2. The van der Waals surface area contributed by atoms with Crippen molar-refractivity contribution in [1.29, 1.82) is 0 Å². The van der Waals surface area contributed by atoms with Gasteiger partial charge in [-0.15, -0.1) is 0 Å². The Bertz CT molecular complexity index is 274. The summed E-state index contributed by atoms with van der Waals surface area (Å²) in [5.74, 6) is 2.61. The monoisotopic (exact) mass is 252 g/mol. The number of nitrogens with one attached hydrogen (secondary N) is 1. The summed E-state index contributed by atoms with van der Waals surface area (Å²) in [5.41, 5.74) is 0. The molecular weight excluding hydrogens is 224 g/mol. The molecule has 3 heteroatoms. The molecule has 2 fully saturated rings. The van der Waals surface area contributed by atoms with Crippen molar-refractivity contribution < 1.29 is 4.79 Å². The Kier molecular flexibility index (Phi) is 5.04. The lowest BCUT2D eigenvalue weighted by atomic mass is 9.88. The van der Waals surface area contributed by atoms with Gasteiger partial charge >= 0.3 is 0 Å². The molecule has 2 heterocycles. The second-order valence-corrected chi connectivity index (χ2v) is 6.32. The van der Waals surface area contributed by atoms with Gasteiger partial charge in [-0.3, -0.25) is 4.79 Å². The first-order chi connectivity index (χ1) is 8.66. The molecule has 1 N–H and O–H groups in total. The molecule has 2 aliphatic heterocycles. The van der Waals surface area contributed by atoms with E-state index in [9.17, 15) is 4.79 Å². The van der Waals surface area contributed by atoms with Crippen molar-refractivity contribution in [2.75, 3.05) is 26.2 Å². The molecule has 104 valence electrons. The fraction of sp³-hybridized carbons (Fsp3) is 0.933. The molecular formula is C15H28N2O. The number of carbonyl (C=O) groups is 1. The third-order valence-corrected chi connectivity index (χ3v) is 4.91. The van der Waals surface area contributed by atoms with Crippen molar-refractivity contribution in [3.05, 3.63) is 0 Å². The van der Waals surface area contributed by atoms with Crippen molar-refractivity contribution in [3.8, 4) is 0 Å². The van der Waals surface area contributed by atoms with Gasteiger partial charge in [-0.1, -0.05) is 13.8 Å². The number of amides is 1. The first kappa shape index (κ1) is 13.9. The van der Waals surface area contributed by atoms with Crippen LogP contribution in [0, 0.1) is 17.8 Å². The molecule has 2 aliphatic rings. The predicted octanol–water partition coefficient (Wildman–Crippen LogP) is 2.27. The summed E-state index contributed by atoms with van der Waals surface area (Å²) in [6.07, 6.45) is 5.55. The van der Waals surface area contributed by atoms with Crippen molar-refractivity contribution in [1.82, 2.24) is 10.2 Å². The van der Waals surface area contributed by atoms with Gasteiger partial charge in [0, 0.05) is 19.5 Å². The molecule has 2 rings (SSSR count). The van der Waals surface area contributed by atoms with E-state index < -0.39 is 0 Å². The summed E-state index contributed by atoms with van der Waals surface area (Å²) < 4.78 is 0. The molecule has 18 heavy (non-hydrogen) atoms. The lowest BCUT2D eigenvalue weighted by molar-refractivity contribution is -0.133. The van der Waals surface area contributed by atoms with Crippen molar-refractivity contribution in [2.24, 2.45) is 17.8 Å². The SMILES string of the molecule is CC1CCN(C(=O)CCC2CCNCC2)CC1C. The van der Waals surface area contributed by atoms with Gasteiger partial charge in [0.05, 0.1) is 0 Å². The van der Waals surface area contributed by atoms with E-state index in [0.717, 1.165) is 50.9 Å². The highest BCUT2D eigenvalue weighted by Gasteiger charge is 2.26. The van der Waals surface area contributed by atoms with Gasteiger partial charge in [0.15, 0.2) is 0 Å². The van der Waals surface area contributed by atoms with Crippen LogP contribution in [0.4, 0.5) is 0 Å². The molecule has 0 saturated carbocycles. The Morgan fingerprint density at radius 1 is 1.17 bits per heavy atom. The van der Waals surface area contributed by atoms with E-state index >= 15 is 0 Å². The van der Waals surface area contributed by atoms with Crippen LogP contribution in [-0.4, -0.2) is 37.0 Å². The maximum atomic E-state index is 12.2. The molecule has 0 aromatic heterocycles. The molecule has 0 aromatic carbocycles. The molecule has 2 unspecified atom stereocenters. The number of carbonyl (C=O) groups excluding carboxylic acids is 1. The van der Waals surface area contributed by atoms with Crippen molar-refractivity contribution in [2.45, 2.75) is 46.0 Å². The molecule has 0 bridgehead atoms. The lowest BCUT2D eigenvalue weighted by Crippen LogP contribution is -2.42. The fourth-order valence-electron chi connectivity index (χ4n) is 3.15. The number of piperidine rings is 2. The predicted molar refractivity (Wildman–Crippen MR) is 74.4 cm³/mol. The minimum absolute atomic E-state index is 0.396. The maximum Gasteiger partial charge on any atom is 0.222 e. The van der Waals surface area contributed by atoms with Crippen molar-refractivity contribution >= 4 is 5.91 Å². The van der Waals surface area contributed by atoms with E-state index in [1.54, 1.807) is 0 Å². The molecule has 2 atom stereocenters. The van der Waals surface area contributed by atoms with Crippen LogP contribution in [0.5, 0.6) is 0 Å². The number of likely N-dealkylation sites (tertiary alicyclic amines) is 1. The minimum atomic E-state index is 0.396. The summed E-state index contributed by atoms with van der Waals surface area (Å²) in [5, 5.41) is 3.38. The third-order valence-electron chi connectivity index (χ3n) is 4.91. The summed E-state index contributed by atoms with van der Waals surface area (Å²) >= 11 is 0. The largest absolute Gasteiger partial charge is 0.342 e. The number of hydrogen-bond donors (Lipinski definition) is 1. The molecule has 0 aromatic rings. The van der Waals surface area contributed by atoms with Crippen LogP contribution in [0.1, 0.15) is 46.0 Å². The van der Waals surface area contributed by atoms with Gasteiger partial charge in [0.2, 0.25) is 5.91 Å². The van der Waals surface area contributed by atoms with Gasteiger partial charge < -0.3 is 10.2 Å². The van der Waals surface area contributed by atoms with Gasteiger partial charge in [0.25, 0.3) is 0 Å². The smallest absolute Gasteiger partial charge is 0.222 e. The molecule has 0 radical (unpaired) electrons. The Morgan fingerprint density at radius 3 is 2.56 bits per heavy atom. The topological polar surface area (TPSA) is 32.3 Å². The maximum absolute atomic E-state index is 12.2. The molecule has 3 nitrogen and oxygen atoms in total. The first-order valence-corrected chi connectivity index (χ1v) is 7.65.